The molecule has 1 saturated heterocycles. The van der Waals surface area contributed by atoms with Crippen LogP contribution in [-0.2, 0) is 12.1 Å². The SMILES string of the molecule is Cc1ccc(C2(O)CCN(Cc3cn[nH]c3C(=O)O)CC2)nc1. The normalized spacial score (nSPS) is 18.0. The number of aromatic carboxylic acids is 1. The Morgan fingerprint density at radius 3 is 2.70 bits per heavy atom. The standard InChI is InChI=1S/C16H20N4O3/c1-11-2-3-13(17-8-11)16(23)4-6-20(7-5-16)10-12-9-18-19-14(12)15(21)22/h2-3,8-9,23H,4-7,10H2,1H3,(H,18,19)(H,21,22). The molecule has 7 heteroatoms. The molecule has 0 spiro atoms. The number of aromatic amines is 1. The van der Waals surface area contributed by atoms with Gasteiger partial charge in [0.2, 0.25) is 0 Å². The van der Waals surface area contributed by atoms with Crippen molar-refractivity contribution in [1.82, 2.24) is 20.1 Å². The third-order valence-corrected chi connectivity index (χ3v) is 4.40. The number of carbonyl (C=O) groups is 1. The second-order valence-corrected chi connectivity index (χ2v) is 6.10. The number of carboxylic acid groups (broad SMARTS) is 1. The Morgan fingerprint density at radius 2 is 2.09 bits per heavy atom. The highest BCUT2D eigenvalue weighted by Gasteiger charge is 2.35. The van der Waals surface area contributed by atoms with Crippen LogP contribution >= 0.6 is 0 Å². The van der Waals surface area contributed by atoms with Crippen LogP contribution in [0.15, 0.2) is 24.5 Å². The van der Waals surface area contributed by atoms with Crippen LogP contribution in [-0.4, -0.2) is 49.4 Å². The van der Waals surface area contributed by atoms with Crippen LogP contribution in [0.5, 0.6) is 0 Å². The Bertz CT molecular complexity index is 688. The van der Waals surface area contributed by atoms with E-state index in [1.54, 1.807) is 12.4 Å². The number of aliphatic hydroxyl groups is 1. The van der Waals surface area contributed by atoms with Crippen molar-refractivity contribution in [2.45, 2.75) is 31.9 Å². The van der Waals surface area contributed by atoms with Crippen LogP contribution in [0.4, 0.5) is 0 Å². The maximum absolute atomic E-state index is 11.1. The van der Waals surface area contributed by atoms with Crippen LogP contribution in [0.2, 0.25) is 0 Å². The highest BCUT2D eigenvalue weighted by atomic mass is 16.4. The number of hydrogen-bond donors (Lipinski definition) is 3. The summed E-state index contributed by atoms with van der Waals surface area (Å²) in [4.78, 5) is 17.6. The van der Waals surface area contributed by atoms with Gasteiger partial charge in [-0.2, -0.15) is 5.10 Å². The number of rotatable bonds is 4. The first-order valence-electron chi connectivity index (χ1n) is 7.61. The first kappa shape index (κ1) is 15.6. The Hall–Kier alpha value is -2.25. The van der Waals surface area contributed by atoms with Gasteiger partial charge in [-0.1, -0.05) is 6.07 Å². The number of aryl methyl sites for hydroxylation is 1. The molecule has 2 aromatic heterocycles. The summed E-state index contributed by atoms with van der Waals surface area (Å²) < 4.78 is 0. The van der Waals surface area contributed by atoms with Gasteiger partial charge >= 0.3 is 5.97 Å². The predicted octanol–water partition coefficient (Wildman–Crippen LogP) is 1.29. The Balaban J connectivity index is 1.65. The van der Waals surface area contributed by atoms with E-state index in [1.165, 1.54) is 0 Å². The van der Waals surface area contributed by atoms with Gasteiger partial charge in [0.15, 0.2) is 0 Å². The molecule has 3 heterocycles. The quantitative estimate of drug-likeness (QED) is 0.785. The highest BCUT2D eigenvalue weighted by molar-refractivity contribution is 5.86. The molecule has 0 bridgehead atoms. The summed E-state index contributed by atoms with van der Waals surface area (Å²) >= 11 is 0. The Morgan fingerprint density at radius 1 is 1.35 bits per heavy atom. The minimum absolute atomic E-state index is 0.131. The largest absolute Gasteiger partial charge is 0.477 e. The minimum atomic E-state index is -1.00. The number of carboxylic acids is 1. The van der Waals surface area contributed by atoms with E-state index in [9.17, 15) is 9.90 Å². The van der Waals surface area contributed by atoms with Crippen molar-refractivity contribution >= 4 is 5.97 Å². The fraction of sp³-hybridized carbons (Fsp3) is 0.438. The molecule has 1 aliphatic rings. The third-order valence-electron chi connectivity index (χ3n) is 4.40. The zero-order valence-electron chi connectivity index (χ0n) is 13.0. The second kappa shape index (κ2) is 6.10. The molecule has 7 nitrogen and oxygen atoms in total. The zero-order chi connectivity index (χ0) is 16.4. The maximum Gasteiger partial charge on any atom is 0.354 e. The van der Waals surface area contributed by atoms with E-state index in [0.29, 0.717) is 43.7 Å². The molecule has 122 valence electrons. The topological polar surface area (TPSA) is 102 Å². The zero-order valence-corrected chi connectivity index (χ0v) is 13.0. The third kappa shape index (κ3) is 3.25. The number of pyridine rings is 1. The van der Waals surface area contributed by atoms with E-state index in [4.69, 9.17) is 5.11 Å². The summed E-state index contributed by atoms with van der Waals surface area (Å²) in [7, 11) is 0. The van der Waals surface area contributed by atoms with Crippen molar-refractivity contribution < 1.29 is 15.0 Å². The summed E-state index contributed by atoms with van der Waals surface area (Å²) in [5, 5.41) is 26.2. The number of H-pyrrole nitrogens is 1. The number of hydrogen-bond acceptors (Lipinski definition) is 5. The smallest absolute Gasteiger partial charge is 0.354 e. The number of aromatic nitrogens is 3. The van der Waals surface area contributed by atoms with Gasteiger partial charge in [0.1, 0.15) is 11.3 Å². The molecule has 3 rings (SSSR count). The van der Waals surface area contributed by atoms with Gasteiger partial charge in [-0.3, -0.25) is 15.0 Å². The monoisotopic (exact) mass is 316 g/mol. The molecule has 3 N–H and O–H groups in total. The van der Waals surface area contributed by atoms with E-state index < -0.39 is 11.6 Å². The minimum Gasteiger partial charge on any atom is -0.477 e. The van der Waals surface area contributed by atoms with E-state index >= 15 is 0 Å². The van der Waals surface area contributed by atoms with Crippen molar-refractivity contribution in [2.24, 2.45) is 0 Å². The molecule has 0 aliphatic carbocycles. The molecule has 0 unspecified atom stereocenters. The van der Waals surface area contributed by atoms with Crippen molar-refractivity contribution in [3.05, 3.63) is 47.0 Å². The molecule has 1 aliphatic heterocycles. The highest BCUT2D eigenvalue weighted by Crippen LogP contribution is 2.32. The van der Waals surface area contributed by atoms with Crippen molar-refractivity contribution in [2.75, 3.05) is 13.1 Å². The Labute approximate surface area is 134 Å². The van der Waals surface area contributed by atoms with Gasteiger partial charge in [-0.25, -0.2) is 4.79 Å². The molecule has 23 heavy (non-hydrogen) atoms. The lowest BCUT2D eigenvalue weighted by Crippen LogP contribution is -2.42. The van der Waals surface area contributed by atoms with Crippen LogP contribution in [0.3, 0.4) is 0 Å². The van der Waals surface area contributed by atoms with Gasteiger partial charge in [0, 0.05) is 31.4 Å². The van der Waals surface area contributed by atoms with Crippen LogP contribution < -0.4 is 0 Å². The molecule has 0 radical (unpaired) electrons. The summed E-state index contributed by atoms with van der Waals surface area (Å²) in [6.07, 6.45) is 4.46. The van der Waals surface area contributed by atoms with Crippen LogP contribution in [0.25, 0.3) is 0 Å². The van der Waals surface area contributed by atoms with Gasteiger partial charge in [-0.05, 0) is 31.4 Å². The first-order chi connectivity index (χ1) is 11.0. The average molecular weight is 316 g/mol. The number of nitrogens with zero attached hydrogens (tertiary/aromatic N) is 3. The summed E-state index contributed by atoms with van der Waals surface area (Å²) in [5.74, 6) is -1.00. The summed E-state index contributed by atoms with van der Waals surface area (Å²) in [6, 6.07) is 3.83. The lowest BCUT2D eigenvalue weighted by Gasteiger charge is -2.37. The van der Waals surface area contributed by atoms with Gasteiger partial charge in [0.25, 0.3) is 0 Å². The van der Waals surface area contributed by atoms with Gasteiger partial charge < -0.3 is 10.2 Å². The molecule has 0 atom stereocenters. The predicted molar refractivity (Wildman–Crippen MR) is 82.9 cm³/mol. The number of piperidine rings is 1. The molecule has 1 fully saturated rings. The molecular formula is C16H20N4O3. The molecule has 0 saturated carbocycles. The number of nitrogens with one attached hydrogen (secondary N) is 1. The van der Waals surface area contributed by atoms with E-state index in [0.717, 1.165) is 5.56 Å². The molecule has 0 aromatic carbocycles. The Kier molecular flexibility index (Phi) is 4.14. The van der Waals surface area contributed by atoms with Crippen LogP contribution in [0, 0.1) is 6.92 Å². The molecular weight excluding hydrogens is 296 g/mol. The van der Waals surface area contributed by atoms with Crippen LogP contribution in [0.1, 0.15) is 40.2 Å². The number of likely N-dealkylation sites (tertiary alicyclic amines) is 1. The second-order valence-electron chi connectivity index (χ2n) is 6.10. The van der Waals surface area contributed by atoms with Crippen molar-refractivity contribution in [3.63, 3.8) is 0 Å². The van der Waals surface area contributed by atoms with Crippen molar-refractivity contribution in [1.29, 1.82) is 0 Å². The van der Waals surface area contributed by atoms with Gasteiger partial charge in [0.05, 0.1) is 11.9 Å². The van der Waals surface area contributed by atoms with E-state index in [2.05, 4.69) is 20.1 Å². The first-order valence-corrected chi connectivity index (χ1v) is 7.61. The molecule has 2 aromatic rings. The summed E-state index contributed by atoms with van der Waals surface area (Å²) in [5.41, 5.74) is 1.66. The average Bonchev–Trinajstić information content (AvgIpc) is 2.99. The fourth-order valence-corrected chi connectivity index (χ4v) is 2.94. The van der Waals surface area contributed by atoms with Crippen molar-refractivity contribution in [3.8, 4) is 0 Å². The maximum atomic E-state index is 11.1. The lowest BCUT2D eigenvalue weighted by molar-refractivity contribution is -0.0311. The fourth-order valence-electron chi connectivity index (χ4n) is 2.94. The van der Waals surface area contributed by atoms with E-state index in [-0.39, 0.29) is 5.69 Å². The van der Waals surface area contributed by atoms with Gasteiger partial charge in [-0.15, -0.1) is 0 Å². The summed E-state index contributed by atoms with van der Waals surface area (Å²) in [6.45, 7) is 3.83. The van der Waals surface area contributed by atoms with E-state index in [1.807, 2.05) is 19.1 Å². The molecule has 0 amide bonds. The lowest BCUT2D eigenvalue weighted by atomic mass is 9.87.